The molecule has 0 saturated carbocycles. The molecule has 1 N–H and O–H groups in total. The fourth-order valence-electron chi connectivity index (χ4n) is 3.92. The van der Waals surface area contributed by atoms with Crippen LogP contribution in [0.15, 0.2) is 42.5 Å². The SMILES string of the molecule is CC[C@@H](C(=O)NC(C)(C)C)N(Cc1ccc(C)cc1)C(=O)CN(c1ccc2c(c1)OCO2)S(C)(=O)=O. The molecule has 0 unspecified atom stereocenters. The van der Waals surface area contributed by atoms with Gasteiger partial charge in [-0.15, -0.1) is 0 Å². The lowest BCUT2D eigenvalue weighted by atomic mass is 10.1. The van der Waals surface area contributed by atoms with Crippen LogP contribution < -0.4 is 19.1 Å². The van der Waals surface area contributed by atoms with E-state index in [-0.39, 0.29) is 24.9 Å². The van der Waals surface area contributed by atoms with Gasteiger partial charge in [0.2, 0.25) is 28.6 Å². The van der Waals surface area contributed by atoms with Gasteiger partial charge in [0.05, 0.1) is 11.9 Å². The molecular weight excluding hydrogens is 482 g/mol. The van der Waals surface area contributed by atoms with Crippen molar-refractivity contribution in [3.63, 3.8) is 0 Å². The number of aryl methyl sites for hydroxylation is 1. The van der Waals surface area contributed by atoms with Gasteiger partial charge in [-0.25, -0.2) is 8.42 Å². The van der Waals surface area contributed by atoms with Crippen molar-refractivity contribution in [3.05, 3.63) is 53.6 Å². The molecule has 3 rings (SSSR count). The van der Waals surface area contributed by atoms with Crippen LogP contribution in [0.2, 0.25) is 0 Å². The smallest absolute Gasteiger partial charge is 0.244 e. The van der Waals surface area contributed by atoms with Crippen LogP contribution in [0.25, 0.3) is 0 Å². The maximum absolute atomic E-state index is 13.7. The maximum Gasteiger partial charge on any atom is 0.244 e. The largest absolute Gasteiger partial charge is 0.454 e. The summed E-state index contributed by atoms with van der Waals surface area (Å²) in [5, 5.41) is 2.95. The zero-order valence-electron chi connectivity index (χ0n) is 21.7. The van der Waals surface area contributed by atoms with Crippen molar-refractivity contribution in [1.82, 2.24) is 10.2 Å². The maximum atomic E-state index is 13.7. The monoisotopic (exact) mass is 517 g/mol. The molecule has 9 nitrogen and oxygen atoms in total. The van der Waals surface area contributed by atoms with Gasteiger partial charge in [0.15, 0.2) is 11.5 Å². The van der Waals surface area contributed by atoms with Gasteiger partial charge in [0.1, 0.15) is 12.6 Å². The molecule has 1 heterocycles. The third kappa shape index (κ3) is 6.90. The zero-order valence-corrected chi connectivity index (χ0v) is 22.5. The Labute approximate surface area is 213 Å². The fraction of sp³-hybridized carbons (Fsp3) is 0.462. The van der Waals surface area contributed by atoms with E-state index in [0.717, 1.165) is 21.7 Å². The number of ether oxygens (including phenoxy) is 2. The molecule has 36 heavy (non-hydrogen) atoms. The van der Waals surface area contributed by atoms with Crippen molar-refractivity contribution in [2.24, 2.45) is 0 Å². The Kier molecular flexibility index (Phi) is 8.18. The number of nitrogens with zero attached hydrogens (tertiary/aromatic N) is 2. The number of hydrogen-bond donors (Lipinski definition) is 1. The number of nitrogens with one attached hydrogen (secondary N) is 1. The van der Waals surface area contributed by atoms with Crippen LogP contribution in [0.1, 0.15) is 45.2 Å². The molecule has 1 aliphatic heterocycles. The van der Waals surface area contributed by atoms with Crippen molar-refractivity contribution in [3.8, 4) is 11.5 Å². The summed E-state index contributed by atoms with van der Waals surface area (Å²) < 4.78 is 37.2. The average Bonchev–Trinajstić information content (AvgIpc) is 3.24. The Balaban J connectivity index is 1.95. The summed E-state index contributed by atoms with van der Waals surface area (Å²) >= 11 is 0. The lowest BCUT2D eigenvalue weighted by Gasteiger charge is -2.34. The lowest BCUT2D eigenvalue weighted by molar-refractivity contribution is -0.141. The van der Waals surface area contributed by atoms with E-state index in [4.69, 9.17) is 9.47 Å². The molecule has 0 radical (unpaired) electrons. The summed E-state index contributed by atoms with van der Waals surface area (Å²) in [7, 11) is -3.84. The molecule has 1 aliphatic rings. The highest BCUT2D eigenvalue weighted by molar-refractivity contribution is 7.92. The second-order valence-electron chi connectivity index (χ2n) is 9.98. The molecule has 0 spiro atoms. The number of fused-ring (bicyclic) bond motifs is 1. The van der Waals surface area contributed by atoms with Crippen LogP contribution >= 0.6 is 0 Å². The average molecular weight is 518 g/mol. The van der Waals surface area contributed by atoms with E-state index in [0.29, 0.717) is 17.9 Å². The van der Waals surface area contributed by atoms with Gasteiger partial charge in [0, 0.05) is 18.2 Å². The number of carbonyl (C=O) groups is 2. The Morgan fingerprint density at radius 1 is 1.06 bits per heavy atom. The summed E-state index contributed by atoms with van der Waals surface area (Å²) in [6.45, 7) is 9.14. The molecule has 0 bridgehead atoms. The van der Waals surface area contributed by atoms with Crippen molar-refractivity contribution >= 4 is 27.5 Å². The Hall–Kier alpha value is -3.27. The molecule has 196 valence electrons. The molecule has 0 aromatic heterocycles. The quantitative estimate of drug-likeness (QED) is 0.548. The highest BCUT2D eigenvalue weighted by atomic mass is 32.2. The highest BCUT2D eigenvalue weighted by Crippen LogP contribution is 2.36. The van der Waals surface area contributed by atoms with Gasteiger partial charge in [-0.2, -0.15) is 0 Å². The third-order valence-electron chi connectivity index (χ3n) is 5.68. The van der Waals surface area contributed by atoms with Gasteiger partial charge in [-0.05, 0) is 51.8 Å². The molecule has 2 amide bonds. The second-order valence-corrected chi connectivity index (χ2v) is 11.9. The first-order valence-corrected chi connectivity index (χ1v) is 13.7. The van der Waals surface area contributed by atoms with E-state index < -0.39 is 34.1 Å². The highest BCUT2D eigenvalue weighted by Gasteiger charge is 2.33. The zero-order chi connectivity index (χ0) is 26.7. The van der Waals surface area contributed by atoms with Crippen molar-refractivity contribution < 1.29 is 27.5 Å². The van der Waals surface area contributed by atoms with Crippen LogP contribution in [0.4, 0.5) is 5.69 Å². The second kappa shape index (κ2) is 10.8. The summed E-state index contributed by atoms with van der Waals surface area (Å²) in [5.41, 5.74) is 1.69. The Morgan fingerprint density at radius 3 is 2.28 bits per heavy atom. The number of anilines is 1. The molecule has 1 atom stereocenters. The number of sulfonamides is 1. The predicted octanol–water partition coefficient (Wildman–Crippen LogP) is 3.21. The minimum Gasteiger partial charge on any atom is -0.454 e. The standard InChI is InChI=1S/C26H35N3O6S/c1-7-21(25(31)27-26(3,4)5)28(15-19-10-8-18(2)9-11-19)24(30)16-29(36(6,32)33)20-12-13-22-23(14-20)35-17-34-22/h8-14,21H,7,15-17H2,1-6H3,(H,27,31)/t21-/m0/s1. The van der Waals surface area contributed by atoms with Gasteiger partial charge < -0.3 is 19.7 Å². The van der Waals surface area contributed by atoms with Crippen LogP contribution in [-0.4, -0.2) is 56.3 Å². The molecule has 2 aromatic carbocycles. The van der Waals surface area contributed by atoms with E-state index in [1.54, 1.807) is 12.1 Å². The summed E-state index contributed by atoms with van der Waals surface area (Å²) in [5.74, 6) is 0.125. The van der Waals surface area contributed by atoms with Crippen molar-refractivity contribution in [2.45, 2.75) is 59.2 Å². The lowest BCUT2D eigenvalue weighted by Crippen LogP contribution is -2.55. The van der Waals surface area contributed by atoms with E-state index in [9.17, 15) is 18.0 Å². The summed E-state index contributed by atoms with van der Waals surface area (Å²) in [6.07, 6.45) is 1.40. The summed E-state index contributed by atoms with van der Waals surface area (Å²) in [6, 6.07) is 11.6. The van der Waals surface area contributed by atoms with Gasteiger partial charge in [-0.3, -0.25) is 13.9 Å². The molecule has 0 fully saturated rings. The minimum absolute atomic E-state index is 0.0436. The van der Waals surface area contributed by atoms with Gasteiger partial charge in [-0.1, -0.05) is 36.8 Å². The molecule has 2 aromatic rings. The van der Waals surface area contributed by atoms with Gasteiger partial charge in [0.25, 0.3) is 0 Å². The first kappa shape index (κ1) is 27.3. The molecular formula is C26H35N3O6S. The molecule has 0 aliphatic carbocycles. The van der Waals surface area contributed by atoms with Crippen LogP contribution in [0, 0.1) is 6.92 Å². The Bertz CT molecular complexity index is 1210. The van der Waals surface area contributed by atoms with E-state index in [2.05, 4.69) is 5.32 Å². The number of hydrogen-bond acceptors (Lipinski definition) is 6. The number of rotatable bonds is 9. The van der Waals surface area contributed by atoms with E-state index >= 15 is 0 Å². The summed E-state index contributed by atoms with van der Waals surface area (Å²) in [4.78, 5) is 28.4. The van der Waals surface area contributed by atoms with Crippen LogP contribution in [0.3, 0.4) is 0 Å². The van der Waals surface area contributed by atoms with E-state index in [1.807, 2.05) is 58.9 Å². The fourth-order valence-corrected chi connectivity index (χ4v) is 4.76. The number of amides is 2. The van der Waals surface area contributed by atoms with E-state index in [1.165, 1.54) is 11.0 Å². The topological polar surface area (TPSA) is 105 Å². The number of carbonyl (C=O) groups excluding carboxylic acids is 2. The minimum atomic E-state index is -3.84. The first-order valence-electron chi connectivity index (χ1n) is 11.8. The molecule has 0 saturated heterocycles. The normalized spacial score (nSPS) is 13.7. The predicted molar refractivity (Wildman–Crippen MR) is 138 cm³/mol. The van der Waals surface area contributed by atoms with Gasteiger partial charge >= 0.3 is 0 Å². The van der Waals surface area contributed by atoms with Crippen LogP contribution in [0.5, 0.6) is 11.5 Å². The van der Waals surface area contributed by atoms with Crippen LogP contribution in [-0.2, 0) is 26.2 Å². The number of benzene rings is 2. The third-order valence-corrected chi connectivity index (χ3v) is 6.82. The first-order chi connectivity index (χ1) is 16.8. The Morgan fingerprint density at radius 2 is 1.69 bits per heavy atom. The van der Waals surface area contributed by atoms with Crippen molar-refractivity contribution in [1.29, 1.82) is 0 Å². The molecule has 10 heteroatoms. The van der Waals surface area contributed by atoms with Crippen molar-refractivity contribution in [2.75, 3.05) is 23.9 Å².